The monoisotopic (exact) mass is 412 g/mol. The van der Waals surface area contributed by atoms with Gasteiger partial charge >= 0.3 is 0 Å². The lowest BCUT2D eigenvalue weighted by atomic mass is 10.1. The third kappa shape index (κ3) is 3.21. The van der Waals surface area contributed by atoms with Gasteiger partial charge in [0.25, 0.3) is 5.91 Å². The zero-order valence-electron chi connectivity index (χ0n) is 13.4. The Morgan fingerprint density at radius 1 is 0.923 bits per heavy atom. The Morgan fingerprint density at radius 3 is 2.54 bits per heavy atom. The highest BCUT2D eigenvalue weighted by molar-refractivity contribution is 9.10. The van der Waals surface area contributed by atoms with Gasteiger partial charge in [0.15, 0.2) is 10.4 Å². The third-order valence-electron chi connectivity index (χ3n) is 3.87. The van der Waals surface area contributed by atoms with Crippen LogP contribution in [-0.2, 0) is 4.79 Å². The van der Waals surface area contributed by atoms with Crippen molar-refractivity contribution in [1.29, 1.82) is 0 Å². The van der Waals surface area contributed by atoms with Crippen LogP contribution in [0.25, 0.3) is 21.9 Å². The number of fused-ring (bicyclic) bond motifs is 3. The number of hydrogen-bond acceptors (Lipinski definition) is 4. The van der Waals surface area contributed by atoms with E-state index < -0.39 is 5.91 Å². The molecule has 2 aromatic carbocycles. The highest BCUT2D eigenvalue weighted by atomic mass is 79.9. The molecular formula is C19H13BrN2O4. The number of benzene rings is 2. The molecule has 0 spiro atoms. The summed E-state index contributed by atoms with van der Waals surface area (Å²) in [6.45, 7) is -0.171. The van der Waals surface area contributed by atoms with Crippen LogP contribution in [-0.4, -0.2) is 18.4 Å². The second kappa shape index (κ2) is 6.68. The van der Waals surface area contributed by atoms with Crippen molar-refractivity contribution in [2.75, 3.05) is 11.9 Å². The summed E-state index contributed by atoms with van der Waals surface area (Å²) in [6.07, 6.45) is 0. The lowest BCUT2D eigenvalue weighted by molar-refractivity contribution is -0.115. The quantitative estimate of drug-likeness (QED) is 0.522. The minimum absolute atomic E-state index is 0.133. The largest absolute Gasteiger partial charge is 0.456 e. The Labute approximate surface area is 156 Å². The summed E-state index contributed by atoms with van der Waals surface area (Å²) in [4.78, 5) is 23.9. The smallest absolute Gasteiger partial charge is 0.287 e. The predicted molar refractivity (Wildman–Crippen MR) is 101 cm³/mol. The maximum absolute atomic E-state index is 12.1. The second-order valence-corrected chi connectivity index (χ2v) is 6.43. The first-order valence-corrected chi connectivity index (χ1v) is 8.64. The van der Waals surface area contributed by atoms with Crippen LogP contribution in [0.15, 0.2) is 68.1 Å². The van der Waals surface area contributed by atoms with Crippen molar-refractivity contribution < 1.29 is 18.4 Å². The maximum atomic E-state index is 12.1. The molecule has 0 saturated heterocycles. The fourth-order valence-corrected chi connectivity index (χ4v) is 3.00. The Kier molecular flexibility index (Phi) is 4.22. The van der Waals surface area contributed by atoms with E-state index in [1.165, 1.54) is 6.07 Å². The van der Waals surface area contributed by atoms with Gasteiger partial charge in [0.2, 0.25) is 5.91 Å². The zero-order valence-corrected chi connectivity index (χ0v) is 15.0. The number of furan rings is 2. The number of nitrogens with one attached hydrogen (secondary N) is 2. The van der Waals surface area contributed by atoms with Crippen LogP contribution in [0, 0.1) is 0 Å². The van der Waals surface area contributed by atoms with Crippen molar-refractivity contribution in [2.24, 2.45) is 0 Å². The van der Waals surface area contributed by atoms with Crippen LogP contribution in [0.3, 0.4) is 0 Å². The predicted octanol–water partition coefficient (Wildman–Crippen LogP) is 4.31. The van der Waals surface area contributed by atoms with Crippen LogP contribution in [0.4, 0.5) is 5.69 Å². The number of anilines is 1. The number of para-hydroxylation sites is 1. The molecule has 2 N–H and O–H groups in total. The fraction of sp³-hybridized carbons (Fsp3) is 0.0526. The van der Waals surface area contributed by atoms with Crippen LogP contribution < -0.4 is 10.6 Å². The normalized spacial score (nSPS) is 11.0. The van der Waals surface area contributed by atoms with Crippen molar-refractivity contribution in [3.63, 3.8) is 0 Å². The molecule has 0 aliphatic carbocycles. The second-order valence-electron chi connectivity index (χ2n) is 5.64. The number of hydrogen-bond donors (Lipinski definition) is 2. The van der Waals surface area contributed by atoms with Gasteiger partial charge in [-0.05, 0) is 46.3 Å². The molecule has 7 heteroatoms. The lowest BCUT2D eigenvalue weighted by Crippen LogP contribution is -2.32. The SMILES string of the molecule is O=C(CNC(=O)c1ccc(Br)o1)Nc1ccc2c(c1)oc1ccccc12. The summed E-state index contributed by atoms with van der Waals surface area (Å²) in [6, 6.07) is 16.3. The van der Waals surface area contributed by atoms with Gasteiger partial charge < -0.3 is 19.5 Å². The fourth-order valence-electron chi connectivity index (χ4n) is 2.69. The molecule has 0 bridgehead atoms. The molecule has 4 rings (SSSR count). The number of rotatable bonds is 4. The Bertz CT molecular complexity index is 1130. The molecule has 130 valence electrons. The van der Waals surface area contributed by atoms with Crippen molar-refractivity contribution in [3.05, 3.63) is 65.0 Å². The number of halogens is 1. The van der Waals surface area contributed by atoms with Gasteiger partial charge in [0, 0.05) is 22.5 Å². The van der Waals surface area contributed by atoms with Gasteiger partial charge in [-0.25, -0.2) is 0 Å². The lowest BCUT2D eigenvalue weighted by Gasteiger charge is -2.06. The van der Waals surface area contributed by atoms with E-state index in [-0.39, 0.29) is 18.2 Å². The average molecular weight is 413 g/mol. The summed E-state index contributed by atoms with van der Waals surface area (Å²) < 4.78 is 11.4. The van der Waals surface area contributed by atoms with Gasteiger partial charge in [-0.1, -0.05) is 18.2 Å². The van der Waals surface area contributed by atoms with Crippen molar-refractivity contribution >= 4 is 55.4 Å². The Balaban J connectivity index is 1.44. The van der Waals surface area contributed by atoms with E-state index in [0.29, 0.717) is 15.9 Å². The van der Waals surface area contributed by atoms with Gasteiger partial charge in [-0.15, -0.1) is 0 Å². The van der Waals surface area contributed by atoms with Crippen molar-refractivity contribution in [3.8, 4) is 0 Å². The third-order valence-corrected chi connectivity index (χ3v) is 4.30. The Hall–Kier alpha value is -3.06. The highest BCUT2D eigenvalue weighted by Crippen LogP contribution is 2.30. The number of amides is 2. The van der Waals surface area contributed by atoms with Crippen molar-refractivity contribution in [2.45, 2.75) is 0 Å². The molecule has 0 saturated carbocycles. The van der Waals surface area contributed by atoms with Crippen LogP contribution in [0.1, 0.15) is 10.6 Å². The maximum Gasteiger partial charge on any atom is 0.287 e. The van der Waals surface area contributed by atoms with E-state index in [1.54, 1.807) is 18.2 Å². The van der Waals surface area contributed by atoms with Crippen LogP contribution >= 0.6 is 15.9 Å². The van der Waals surface area contributed by atoms with E-state index in [9.17, 15) is 9.59 Å². The highest BCUT2D eigenvalue weighted by Gasteiger charge is 2.13. The van der Waals surface area contributed by atoms with Gasteiger partial charge in [-0.2, -0.15) is 0 Å². The first-order valence-electron chi connectivity index (χ1n) is 7.85. The van der Waals surface area contributed by atoms with Crippen molar-refractivity contribution in [1.82, 2.24) is 5.32 Å². The van der Waals surface area contributed by atoms with Gasteiger partial charge in [0.1, 0.15) is 11.2 Å². The van der Waals surface area contributed by atoms with E-state index in [2.05, 4.69) is 26.6 Å². The molecule has 0 aliphatic heterocycles. The molecule has 6 nitrogen and oxygen atoms in total. The summed E-state index contributed by atoms with van der Waals surface area (Å²) >= 11 is 3.12. The topological polar surface area (TPSA) is 84.5 Å². The molecule has 2 aromatic heterocycles. The standard InChI is InChI=1S/C19H13BrN2O4/c20-17-8-7-15(26-17)19(24)21-10-18(23)22-11-5-6-13-12-3-1-2-4-14(12)25-16(13)9-11/h1-9H,10H2,(H,21,24)(H,22,23). The summed E-state index contributed by atoms with van der Waals surface area (Å²) in [7, 11) is 0. The summed E-state index contributed by atoms with van der Waals surface area (Å²) in [5.74, 6) is -0.675. The molecule has 2 heterocycles. The average Bonchev–Trinajstić information content (AvgIpc) is 3.22. The first kappa shape index (κ1) is 16.4. The molecule has 0 radical (unpaired) electrons. The zero-order chi connectivity index (χ0) is 18.1. The van der Waals surface area contributed by atoms with Crippen LogP contribution in [0.2, 0.25) is 0 Å². The first-order chi connectivity index (χ1) is 12.6. The number of carbonyl (C=O) groups is 2. The molecule has 2 amide bonds. The molecule has 0 atom stereocenters. The van der Waals surface area contributed by atoms with E-state index in [1.807, 2.05) is 30.3 Å². The van der Waals surface area contributed by atoms with Crippen LogP contribution in [0.5, 0.6) is 0 Å². The Morgan fingerprint density at radius 2 is 1.73 bits per heavy atom. The molecule has 0 unspecified atom stereocenters. The molecule has 26 heavy (non-hydrogen) atoms. The van der Waals surface area contributed by atoms with Gasteiger partial charge in [-0.3, -0.25) is 9.59 Å². The minimum atomic E-state index is -0.460. The van der Waals surface area contributed by atoms with E-state index in [0.717, 1.165) is 16.4 Å². The molecule has 4 aromatic rings. The summed E-state index contributed by atoms with van der Waals surface area (Å²) in [5.41, 5.74) is 2.08. The van der Waals surface area contributed by atoms with Gasteiger partial charge in [0.05, 0.1) is 6.54 Å². The van der Waals surface area contributed by atoms with E-state index >= 15 is 0 Å². The van der Waals surface area contributed by atoms with E-state index in [4.69, 9.17) is 8.83 Å². The minimum Gasteiger partial charge on any atom is -0.456 e. The molecule has 0 fully saturated rings. The summed E-state index contributed by atoms with van der Waals surface area (Å²) in [5, 5.41) is 7.25. The molecular weight excluding hydrogens is 400 g/mol. The molecule has 0 aliphatic rings. The number of carbonyl (C=O) groups excluding carboxylic acids is 2.